The summed E-state index contributed by atoms with van der Waals surface area (Å²) in [6, 6.07) is 17.7. The van der Waals surface area contributed by atoms with Crippen molar-refractivity contribution in [1.29, 1.82) is 5.26 Å². The molecule has 170 valence electrons. The van der Waals surface area contributed by atoms with E-state index in [4.69, 9.17) is 4.98 Å². The van der Waals surface area contributed by atoms with Crippen LogP contribution in [0.15, 0.2) is 58.5 Å². The fourth-order valence-corrected chi connectivity index (χ4v) is 5.31. The highest BCUT2D eigenvalue weighted by molar-refractivity contribution is 7.99. The Bertz CT molecular complexity index is 1250. The molecule has 0 spiro atoms. The third kappa shape index (κ3) is 4.81. The number of carbonyl (C=O) groups is 1. The Morgan fingerprint density at radius 2 is 1.85 bits per heavy atom. The zero-order valence-corrected chi connectivity index (χ0v) is 19.9. The van der Waals surface area contributed by atoms with Gasteiger partial charge in [0, 0.05) is 7.05 Å². The minimum absolute atomic E-state index is 0.118. The van der Waals surface area contributed by atoms with Gasteiger partial charge in [0.25, 0.3) is 5.56 Å². The molecule has 0 bridgehead atoms. The van der Waals surface area contributed by atoms with Crippen molar-refractivity contribution in [3.8, 4) is 6.07 Å². The summed E-state index contributed by atoms with van der Waals surface area (Å²) in [5.74, 6) is 0.00579. The van der Waals surface area contributed by atoms with E-state index in [2.05, 4.69) is 6.07 Å². The standard InChI is InChI=1S/C26H28N4O2S/c1-19-10-12-20(13-11-19)16-30-24(32)21-8-4-5-9-22(21)28-25(30)33-17-23(31)29(2)26(18-27)14-6-3-7-15-26/h4-5,8-13H,3,6-7,14-17H2,1-2H3. The number of thioether (sulfide) groups is 1. The van der Waals surface area contributed by atoms with Gasteiger partial charge < -0.3 is 4.90 Å². The number of para-hydroxylation sites is 1. The predicted octanol–water partition coefficient (Wildman–Crippen LogP) is 4.53. The number of carbonyl (C=O) groups excluding carboxylic acids is 1. The molecule has 0 radical (unpaired) electrons. The molecule has 6 nitrogen and oxygen atoms in total. The molecule has 0 atom stereocenters. The molecule has 0 saturated heterocycles. The van der Waals surface area contributed by atoms with Crippen LogP contribution in [-0.4, -0.2) is 38.7 Å². The minimum Gasteiger partial charge on any atom is -0.326 e. The molecule has 1 saturated carbocycles. The highest BCUT2D eigenvalue weighted by atomic mass is 32.2. The van der Waals surface area contributed by atoms with E-state index in [0.717, 1.165) is 30.4 Å². The van der Waals surface area contributed by atoms with Crippen molar-refractivity contribution >= 4 is 28.6 Å². The van der Waals surface area contributed by atoms with E-state index < -0.39 is 5.54 Å². The second kappa shape index (κ2) is 9.80. The van der Waals surface area contributed by atoms with E-state index in [0.29, 0.717) is 35.4 Å². The number of aryl methyl sites for hydroxylation is 1. The first kappa shape index (κ1) is 23.1. The van der Waals surface area contributed by atoms with Gasteiger partial charge in [-0.1, -0.05) is 73.0 Å². The zero-order chi connectivity index (χ0) is 23.4. The first-order valence-corrected chi connectivity index (χ1v) is 12.3. The first-order valence-electron chi connectivity index (χ1n) is 11.3. The molecular weight excluding hydrogens is 432 g/mol. The molecule has 4 rings (SSSR count). The van der Waals surface area contributed by atoms with Crippen molar-refractivity contribution < 1.29 is 4.79 Å². The van der Waals surface area contributed by atoms with Gasteiger partial charge >= 0.3 is 0 Å². The lowest BCUT2D eigenvalue weighted by Crippen LogP contribution is -2.50. The van der Waals surface area contributed by atoms with Crippen molar-refractivity contribution in [2.75, 3.05) is 12.8 Å². The van der Waals surface area contributed by atoms with Gasteiger partial charge in [-0.15, -0.1) is 0 Å². The van der Waals surface area contributed by atoms with Crippen molar-refractivity contribution in [2.45, 2.75) is 56.3 Å². The number of nitrogens with zero attached hydrogens (tertiary/aromatic N) is 4. The van der Waals surface area contributed by atoms with E-state index >= 15 is 0 Å². The molecule has 0 unspecified atom stereocenters. The van der Waals surface area contributed by atoms with Crippen molar-refractivity contribution in [1.82, 2.24) is 14.5 Å². The summed E-state index contributed by atoms with van der Waals surface area (Å²) in [5.41, 5.74) is 1.92. The van der Waals surface area contributed by atoms with Crippen LogP contribution in [0.5, 0.6) is 0 Å². The van der Waals surface area contributed by atoms with E-state index in [-0.39, 0.29) is 17.2 Å². The first-order chi connectivity index (χ1) is 15.9. The number of fused-ring (bicyclic) bond motifs is 1. The molecule has 0 N–H and O–H groups in total. The fraction of sp³-hybridized carbons (Fsp3) is 0.385. The van der Waals surface area contributed by atoms with Gasteiger partial charge in [-0.3, -0.25) is 14.2 Å². The third-order valence-electron chi connectivity index (χ3n) is 6.52. The lowest BCUT2D eigenvalue weighted by molar-refractivity contribution is -0.131. The quantitative estimate of drug-likeness (QED) is 0.399. The highest BCUT2D eigenvalue weighted by Gasteiger charge is 2.38. The van der Waals surface area contributed by atoms with Crippen molar-refractivity contribution in [3.63, 3.8) is 0 Å². The number of hydrogen-bond donors (Lipinski definition) is 0. The van der Waals surface area contributed by atoms with Gasteiger partial charge in [-0.05, 0) is 37.5 Å². The molecule has 0 aliphatic heterocycles. The van der Waals surface area contributed by atoms with Crippen LogP contribution in [0.3, 0.4) is 0 Å². The summed E-state index contributed by atoms with van der Waals surface area (Å²) in [7, 11) is 1.73. The average Bonchev–Trinajstić information content (AvgIpc) is 2.85. The van der Waals surface area contributed by atoms with Crippen molar-refractivity contribution in [2.24, 2.45) is 0 Å². The van der Waals surface area contributed by atoms with Crippen LogP contribution in [0, 0.1) is 18.3 Å². The van der Waals surface area contributed by atoms with Crippen LogP contribution in [0.1, 0.15) is 43.2 Å². The Hall–Kier alpha value is -3.11. The molecule has 33 heavy (non-hydrogen) atoms. The third-order valence-corrected chi connectivity index (χ3v) is 7.48. The topological polar surface area (TPSA) is 79.0 Å². The van der Waals surface area contributed by atoms with Gasteiger partial charge in [0.1, 0.15) is 5.54 Å². The number of amides is 1. The van der Waals surface area contributed by atoms with Crippen LogP contribution >= 0.6 is 11.8 Å². The molecule has 1 aliphatic rings. The second-order valence-corrected chi connectivity index (χ2v) is 9.68. The molecule has 3 aromatic rings. The summed E-state index contributed by atoms with van der Waals surface area (Å²) >= 11 is 1.26. The van der Waals surface area contributed by atoms with Crippen LogP contribution in [0.2, 0.25) is 0 Å². The van der Waals surface area contributed by atoms with Gasteiger partial charge in [-0.2, -0.15) is 5.26 Å². The Morgan fingerprint density at radius 1 is 1.15 bits per heavy atom. The van der Waals surface area contributed by atoms with Crippen molar-refractivity contribution in [3.05, 3.63) is 70.0 Å². The summed E-state index contributed by atoms with van der Waals surface area (Å²) in [4.78, 5) is 32.7. The maximum Gasteiger partial charge on any atom is 0.262 e. The maximum absolute atomic E-state index is 13.3. The van der Waals surface area contributed by atoms with Gasteiger partial charge in [0.05, 0.1) is 29.3 Å². The molecule has 1 aromatic heterocycles. The molecule has 7 heteroatoms. The minimum atomic E-state index is -0.728. The highest BCUT2D eigenvalue weighted by Crippen LogP contribution is 2.33. The molecule has 1 amide bonds. The zero-order valence-electron chi connectivity index (χ0n) is 19.1. The maximum atomic E-state index is 13.3. The van der Waals surface area contributed by atoms with Gasteiger partial charge in [-0.25, -0.2) is 4.98 Å². The largest absolute Gasteiger partial charge is 0.326 e. The summed E-state index contributed by atoms with van der Waals surface area (Å²) in [6.07, 6.45) is 4.44. The van der Waals surface area contributed by atoms with Crippen LogP contribution in [0.25, 0.3) is 10.9 Å². The lowest BCUT2D eigenvalue weighted by Gasteiger charge is -2.39. The fourth-order valence-electron chi connectivity index (χ4n) is 4.39. The number of aromatic nitrogens is 2. The number of nitriles is 1. The van der Waals surface area contributed by atoms with Crippen LogP contribution < -0.4 is 5.56 Å². The number of rotatable bonds is 6. The Kier molecular flexibility index (Phi) is 6.85. The Balaban J connectivity index is 1.62. The van der Waals surface area contributed by atoms with Gasteiger partial charge in [0.15, 0.2) is 5.16 Å². The smallest absolute Gasteiger partial charge is 0.262 e. The molecule has 1 fully saturated rings. The Morgan fingerprint density at radius 3 is 2.55 bits per heavy atom. The number of hydrogen-bond acceptors (Lipinski definition) is 5. The monoisotopic (exact) mass is 460 g/mol. The van der Waals surface area contributed by atoms with Gasteiger partial charge in [0.2, 0.25) is 5.91 Å². The van der Waals surface area contributed by atoms with E-state index in [1.807, 2.05) is 49.4 Å². The normalized spacial score (nSPS) is 15.2. The average molecular weight is 461 g/mol. The van der Waals surface area contributed by atoms with Crippen LogP contribution in [0.4, 0.5) is 0 Å². The van der Waals surface area contributed by atoms with E-state index in [1.165, 1.54) is 11.8 Å². The van der Waals surface area contributed by atoms with Crippen LogP contribution in [-0.2, 0) is 11.3 Å². The number of benzene rings is 2. The molecule has 2 aromatic carbocycles. The SMILES string of the molecule is Cc1ccc(Cn2c(SCC(=O)N(C)C3(C#N)CCCCC3)nc3ccccc3c2=O)cc1. The Labute approximate surface area is 198 Å². The molecule has 1 heterocycles. The van der Waals surface area contributed by atoms with E-state index in [9.17, 15) is 14.9 Å². The lowest BCUT2D eigenvalue weighted by atomic mass is 9.81. The molecule has 1 aliphatic carbocycles. The predicted molar refractivity (Wildman–Crippen MR) is 131 cm³/mol. The molecular formula is C26H28N4O2S. The summed E-state index contributed by atoms with van der Waals surface area (Å²) < 4.78 is 1.64. The summed E-state index contributed by atoms with van der Waals surface area (Å²) in [5, 5.41) is 10.9. The second-order valence-electron chi connectivity index (χ2n) is 8.73. The van der Waals surface area contributed by atoms with E-state index in [1.54, 1.807) is 22.6 Å². The summed E-state index contributed by atoms with van der Waals surface area (Å²) in [6.45, 7) is 2.41.